The summed E-state index contributed by atoms with van der Waals surface area (Å²) in [5.41, 5.74) is 3.10. The molecule has 2 N–H and O–H groups in total. The number of hydrogen-bond donors (Lipinski definition) is 2. The standard InChI is InChI=1S/C19H19N3O3S/c1-12-8-10-15(11-9-12)22-18(19(24)25-21-22)26-14(3)17(23)20-16-7-5-4-6-13(16)2/h4-11,14H,1-3H3,(H-,20,21,23,24)/p+1. The Morgan fingerprint density at radius 1 is 1.15 bits per heavy atom. The predicted octanol–water partition coefficient (Wildman–Crippen LogP) is 2.98. The van der Waals surface area contributed by atoms with E-state index in [-0.39, 0.29) is 5.91 Å². The monoisotopic (exact) mass is 370 g/mol. The second-order valence-corrected chi connectivity index (χ2v) is 7.35. The Balaban J connectivity index is 1.79. The summed E-state index contributed by atoms with van der Waals surface area (Å²) < 4.78 is 6.47. The molecule has 3 rings (SSSR count). The van der Waals surface area contributed by atoms with Crippen molar-refractivity contribution >= 4 is 23.4 Å². The van der Waals surface area contributed by atoms with Crippen molar-refractivity contribution in [1.29, 1.82) is 0 Å². The van der Waals surface area contributed by atoms with Crippen LogP contribution in [0.5, 0.6) is 0 Å². The summed E-state index contributed by atoms with van der Waals surface area (Å²) in [5, 5.41) is 5.33. The first-order valence-corrected chi connectivity index (χ1v) is 9.07. The van der Waals surface area contributed by atoms with Crippen LogP contribution in [0, 0.1) is 13.8 Å². The number of anilines is 1. The molecule has 7 heteroatoms. The number of nitrogens with one attached hydrogen (secondary N) is 2. The van der Waals surface area contributed by atoms with Gasteiger partial charge in [0.25, 0.3) is 0 Å². The molecule has 1 aromatic heterocycles. The molecule has 6 nitrogen and oxygen atoms in total. The number of hydrogen-bond acceptors (Lipinski definition) is 4. The third-order valence-corrected chi connectivity index (χ3v) is 5.10. The van der Waals surface area contributed by atoms with Gasteiger partial charge in [-0.25, -0.2) is 4.79 Å². The van der Waals surface area contributed by atoms with Gasteiger partial charge in [-0.2, -0.15) is 0 Å². The Hall–Kier alpha value is -2.80. The fraction of sp³-hybridized carbons (Fsp3) is 0.211. The van der Waals surface area contributed by atoms with E-state index in [9.17, 15) is 9.59 Å². The molecule has 0 aliphatic rings. The van der Waals surface area contributed by atoms with Gasteiger partial charge in [0.2, 0.25) is 11.6 Å². The molecule has 0 radical (unpaired) electrons. The molecule has 0 saturated heterocycles. The highest BCUT2D eigenvalue weighted by Crippen LogP contribution is 2.21. The summed E-state index contributed by atoms with van der Waals surface area (Å²) in [6.45, 7) is 5.67. The van der Waals surface area contributed by atoms with E-state index in [1.165, 1.54) is 0 Å². The molecule has 26 heavy (non-hydrogen) atoms. The van der Waals surface area contributed by atoms with Crippen LogP contribution in [-0.4, -0.2) is 16.4 Å². The molecule has 0 aliphatic heterocycles. The Morgan fingerprint density at radius 2 is 1.85 bits per heavy atom. The lowest BCUT2D eigenvalue weighted by Gasteiger charge is -2.11. The Labute approximate surface area is 155 Å². The maximum absolute atomic E-state index is 12.5. The number of H-pyrrole nitrogens is 1. The first kappa shape index (κ1) is 18.0. The zero-order valence-electron chi connectivity index (χ0n) is 14.8. The van der Waals surface area contributed by atoms with E-state index in [0.717, 1.165) is 34.3 Å². The lowest BCUT2D eigenvalue weighted by Crippen LogP contribution is -2.37. The number of aromatic amines is 1. The maximum atomic E-state index is 12.5. The van der Waals surface area contributed by atoms with E-state index >= 15 is 0 Å². The van der Waals surface area contributed by atoms with Crippen molar-refractivity contribution in [3.8, 4) is 5.69 Å². The second kappa shape index (κ2) is 7.61. The Bertz CT molecular complexity index is 976. The highest BCUT2D eigenvalue weighted by Gasteiger charge is 2.29. The zero-order chi connectivity index (χ0) is 18.7. The van der Waals surface area contributed by atoms with Gasteiger partial charge in [-0.05, 0) is 54.1 Å². The lowest BCUT2D eigenvalue weighted by atomic mass is 10.2. The van der Waals surface area contributed by atoms with Crippen LogP contribution in [0.4, 0.5) is 5.69 Å². The van der Waals surface area contributed by atoms with Crippen LogP contribution in [-0.2, 0) is 4.79 Å². The Morgan fingerprint density at radius 3 is 2.54 bits per heavy atom. The summed E-state index contributed by atoms with van der Waals surface area (Å²) in [6, 6.07) is 15.2. The third kappa shape index (κ3) is 3.88. The van der Waals surface area contributed by atoms with Gasteiger partial charge >= 0.3 is 10.7 Å². The fourth-order valence-corrected chi connectivity index (χ4v) is 3.28. The number of amides is 1. The van der Waals surface area contributed by atoms with Crippen LogP contribution in [0.15, 0.2) is 62.9 Å². The molecule has 0 fully saturated rings. The van der Waals surface area contributed by atoms with E-state index in [4.69, 9.17) is 4.52 Å². The van der Waals surface area contributed by atoms with Gasteiger partial charge in [-0.3, -0.25) is 9.32 Å². The number of nitrogens with zero attached hydrogens (tertiary/aromatic N) is 1. The van der Waals surface area contributed by atoms with Crippen LogP contribution in [0.1, 0.15) is 18.1 Å². The van der Waals surface area contributed by atoms with Crippen molar-refractivity contribution in [2.75, 3.05) is 5.32 Å². The number of carbonyl (C=O) groups is 1. The van der Waals surface area contributed by atoms with E-state index in [1.807, 2.05) is 62.4 Å². The fourth-order valence-electron chi connectivity index (χ4n) is 2.40. The normalized spacial score (nSPS) is 12.0. The number of aromatic nitrogens is 2. The highest BCUT2D eigenvalue weighted by molar-refractivity contribution is 8.00. The number of thioether (sulfide) groups is 1. The van der Waals surface area contributed by atoms with Crippen LogP contribution in [0.2, 0.25) is 0 Å². The molecule has 3 aromatic rings. The minimum Gasteiger partial charge on any atom is -0.325 e. The van der Waals surface area contributed by atoms with E-state index in [0.29, 0.717) is 5.03 Å². The molecule has 0 aliphatic carbocycles. The van der Waals surface area contributed by atoms with E-state index in [2.05, 4.69) is 10.6 Å². The van der Waals surface area contributed by atoms with Crippen LogP contribution in [0.25, 0.3) is 5.69 Å². The molecule has 0 spiro atoms. The van der Waals surface area contributed by atoms with Gasteiger partial charge in [0.15, 0.2) is 0 Å². The molecule has 1 amide bonds. The minimum absolute atomic E-state index is 0.180. The largest absolute Gasteiger partial charge is 0.442 e. The number of carbonyl (C=O) groups excluding carboxylic acids is 1. The molecular formula is C19H20N3O3S+. The number of benzene rings is 2. The smallest absolute Gasteiger partial charge is 0.325 e. The lowest BCUT2D eigenvalue weighted by molar-refractivity contribution is -0.704. The van der Waals surface area contributed by atoms with Gasteiger partial charge in [-0.15, -0.1) is 0 Å². The number of aryl methyl sites for hydroxylation is 2. The Kier molecular flexibility index (Phi) is 5.27. The summed E-state index contributed by atoms with van der Waals surface area (Å²) in [4.78, 5) is 24.6. The number of para-hydroxylation sites is 1. The summed E-state index contributed by atoms with van der Waals surface area (Å²) in [5.74, 6) is -0.180. The maximum Gasteiger partial charge on any atom is 0.442 e. The van der Waals surface area contributed by atoms with Crippen molar-refractivity contribution < 1.29 is 14.0 Å². The minimum atomic E-state index is -0.508. The molecule has 0 saturated carbocycles. The SMILES string of the molecule is Cc1ccc(-[n+]2[nH]oc(=O)c2SC(C)C(=O)Nc2ccccc2C)cc1. The molecule has 2 aromatic carbocycles. The van der Waals surface area contributed by atoms with Crippen molar-refractivity contribution in [2.45, 2.75) is 31.0 Å². The van der Waals surface area contributed by atoms with Gasteiger partial charge in [0.1, 0.15) is 0 Å². The van der Waals surface area contributed by atoms with Crippen molar-refractivity contribution in [1.82, 2.24) is 5.27 Å². The summed E-state index contributed by atoms with van der Waals surface area (Å²) in [7, 11) is 0. The first-order chi connectivity index (χ1) is 12.5. The van der Waals surface area contributed by atoms with Crippen molar-refractivity contribution in [3.63, 3.8) is 0 Å². The summed E-state index contributed by atoms with van der Waals surface area (Å²) in [6.07, 6.45) is 0. The quantitative estimate of drug-likeness (QED) is 0.535. The average Bonchev–Trinajstić information content (AvgIpc) is 2.98. The van der Waals surface area contributed by atoms with Gasteiger partial charge in [-0.1, -0.05) is 35.9 Å². The topological polar surface area (TPSA) is 79.0 Å². The highest BCUT2D eigenvalue weighted by atomic mass is 32.2. The zero-order valence-corrected chi connectivity index (χ0v) is 15.6. The second-order valence-electron chi connectivity index (χ2n) is 6.02. The molecule has 0 bridgehead atoms. The number of rotatable bonds is 5. The van der Waals surface area contributed by atoms with Gasteiger partial charge in [0.05, 0.1) is 5.25 Å². The molecule has 1 atom stereocenters. The summed E-state index contributed by atoms with van der Waals surface area (Å²) >= 11 is 1.15. The van der Waals surface area contributed by atoms with Crippen LogP contribution >= 0.6 is 11.8 Å². The molecule has 1 unspecified atom stereocenters. The molecular weight excluding hydrogens is 350 g/mol. The predicted molar refractivity (Wildman–Crippen MR) is 101 cm³/mol. The van der Waals surface area contributed by atoms with Gasteiger partial charge < -0.3 is 5.32 Å². The first-order valence-electron chi connectivity index (χ1n) is 8.19. The van der Waals surface area contributed by atoms with Gasteiger partial charge in [0, 0.05) is 17.8 Å². The van der Waals surface area contributed by atoms with E-state index in [1.54, 1.807) is 11.6 Å². The molecule has 134 valence electrons. The van der Waals surface area contributed by atoms with E-state index < -0.39 is 10.9 Å². The van der Waals surface area contributed by atoms with Crippen LogP contribution < -0.4 is 15.6 Å². The van der Waals surface area contributed by atoms with Crippen molar-refractivity contribution in [2.24, 2.45) is 0 Å². The third-order valence-electron chi connectivity index (χ3n) is 3.96. The average molecular weight is 370 g/mol. The molecule has 1 heterocycles. The van der Waals surface area contributed by atoms with Crippen LogP contribution in [0.3, 0.4) is 0 Å². The van der Waals surface area contributed by atoms with Crippen molar-refractivity contribution in [3.05, 3.63) is 70.1 Å².